The summed E-state index contributed by atoms with van der Waals surface area (Å²) in [6.07, 6.45) is 2.17. The Kier molecular flexibility index (Phi) is 2.09. The van der Waals surface area contributed by atoms with Gasteiger partial charge in [-0.1, -0.05) is 12.1 Å². The zero-order chi connectivity index (χ0) is 8.39. The van der Waals surface area contributed by atoms with Crippen molar-refractivity contribution >= 4 is 0 Å². The maximum Gasteiger partial charge on any atom is 0.123 e. The van der Waals surface area contributed by atoms with Gasteiger partial charge in [-0.25, -0.2) is 4.39 Å². The highest BCUT2D eigenvalue weighted by Crippen LogP contribution is 2.11. The highest BCUT2D eigenvalue weighted by atomic mass is 19.1. The van der Waals surface area contributed by atoms with Crippen LogP contribution in [0.2, 0.25) is 0 Å². The minimum atomic E-state index is -0.133. The molecule has 0 spiro atoms. The second kappa shape index (κ2) is 3.23. The number of nitrogens with one attached hydrogen (secondary N) is 1. The van der Waals surface area contributed by atoms with Crippen molar-refractivity contribution in [2.75, 3.05) is 6.54 Å². The molecule has 1 unspecified atom stereocenters. The minimum Gasteiger partial charge on any atom is -0.314 e. The molecule has 1 nitrogen and oxygen atoms in total. The van der Waals surface area contributed by atoms with Crippen LogP contribution in [-0.2, 0) is 6.42 Å². The molecule has 1 heterocycles. The van der Waals surface area contributed by atoms with Crippen molar-refractivity contribution in [3.05, 3.63) is 35.6 Å². The summed E-state index contributed by atoms with van der Waals surface area (Å²) >= 11 is 0. The Hall–Kier alpha value is -0.890. The van der Waals surface area contributed by atoms with Gasteiger partial charge in [-0.3, -0.25) is 0 Å². The summed E-state index contributed by atoms with van der Waals surface area (Å²) in [7, 11) is 0. The van der Waals surface area contributed by atoms with Crippen LogP contribution in [0.1, 0.15) is 12.0 Å². The monoisotopic (exact) mass is 165 g/mol. The van der Waals surface area contributed by atoms with Crippen molar-refractivity contribution < 1.29 is 4.39 Å². The second-order valence-electron chi connectivity index (χ2n) is 3.27. The molecule has 0 saturated carbocycles. The average Bonchev–Trinajstić information content (AvgIpc) is 1.97. The fourth-order valence-electron chi connectivity index (χ4n) is 1.47. The molecule has 1 aromatic carbocycles. The Morgan fingerprint density at radius 3 is 2.92 bits per heavy atom. The maximum absolute atomic E-state index is 12.7. The Morgan fingerprint density at radius 1 is 1.50 bits per heavy atom. The number of benzene rings is 1. The molecule has 1 N–H and O–H groups in total. The molecule has 64 valence electrons. The smallest absolute Gasteiger partial charge is 0.123 e. The van der Waals surface area contributed by atoms with Gasteiger partial charge in [0, 0.05) is 6.04 Å². The third kappa shape index (κ3) is 1.64. The molecule has 0 radical (unpaired) electrons. The number of hydrogen-bond acceptors (Lipinski definition) is 1. The van der Waals surface area contributed by atoms with Gasteiger partial charge in [-0.2, -0.15) is 0 Å². The number of hydrogen-bond donors (Lipinski definition) is 1. The zero-order valence-corrected chi connectivity index (χ0v) is 6.89. The van der Waals surface area contributed by atoms with Crippen LogP contribution in [0, 0.1) is 5.82 Å². The van der Waals surface area contributed by atoms with Gasteiger partial charge in [0.25, 0.3) is 0 Å². The van der Waals surface area contributed by atoms with E-state index in [1.54, 1.807) is 12.1 Å². The Labute approximate surface area is 71.6 Å². The van der Waals surface area contributed by atoms with Gasteiger partial charge in [0.15, 0.2) is 0 Å². The van der Waals surface area contributed by atoms with Gasteiger partial charge >= 0.3 is 0 Å². The minimum absolute atomic E-state index is 0.133. The molecule has 1 aliphatic rings. The van der Waals surface area contributed by atoms with E-state index in [0.29, 0.717) is 6.04 Å². The molecule has 1 atom stereocenters. The summed E-state index contributed by atoms with van der Waals surface area (Å²) in [4.78, 5) is 0. The second-order valence-corrected chi connectivity index (χ2v) is 3.27. The molecule has 0 aliphatic carbocycles. The van der Waals surface area contributed by atoms with Crippen molar-refractivity contribution in [3.63, 3.8) is 0 Å². The van der Waals surface area contributed by atoms with Crippen LogP contribution < -0.4 is 5.32 Å². The van der Waals surface area contributed by atoms with Crippen molar-refractivity contribution in [2.45, 2.75) is 18.9 Å². The topological polar surface area (TPSA) is 12.0 Å². The zero-order valence-electron chi connectivity index (χ0n) is 6.89. The van der Waals surface area contributed by atoms with Crippen LogP contribution in [0.3, 0.4) is 0 Å². The van der Waals surface area contributed by atoms with E-state index >= 15 is 0 Å². The predicted octanol–water partition coefficient (Wildman–Crippen LogP) is 1.73. The van der Waals surface area contributed by atoms with Crippen LogP contribution in [0.25, 0.3) is 0 Å². The molecule has 0 aromatic heterocycles. The lowest BCUT2D eigenvalue weighted by Gasteiger charge is -2.27. The summed E-state index contributed by atoms with van der Waals surface area (Å²) in [6.45, 7) is 1.11. The SMILES string of the molecule is Fc1cccc(CC2CCN2)c1. The molecule has 0 amide bonds. The highest BCUT2D eigenvalue weighted by molar-refractivity contribution is 5.17. The van der Waals surface area contributed by atoms with Gasteiger partial charge in [-0.05, 0) is 37.1 Å². The number of rotatable bonds is 2. The summed E-state index contributed by atoms with van der Waals surface area (Å²) in [5.41, 5.74) is 1.09. The first-order chi connectivity index (χ1) is 5.84. The molecular formula is C10H12FN. The van der Waals surface area contributed by atoms with Crippen molar-refractivity contribution in [2.24, 2.45) is 0 Å². The largest absolute Gasteiger partial charge is 0.314 e. The lowest BCUT2D eigenvalue weighted by atomic mass is 9.98. The van der Waals surface area contributed by atoms with Crippen molar-refractivity contribution in [3.8, 4) is 0 Å². The summed E-state index contributed by atoms with van der Waals surface area (Å²) in [5, 5.41) is 3.29. The van der Waals surface area contributed by atoms with Gasteiger partial charge < -0.3 is 5.32 Å². The average molecular weight is 165 g/mol. The molecule has 1 saturated heterocycles. The molecule has 2 rings (SSSR count). The van der Waals surface area contributed by atoms with E-state index in [0.717, 1.165) is 18.5 Å². The quantitative estimate of drug-likeness (QED) is 0.703. The Morgan fingerprint density at radius 2 is 2.33 bits per heavy atom. The van der Waals surface area contributed by atoms with E-state index in [-0.39, 0.29) is 5.82 Å². The first-order valence-corrected chi connectivity index (χ1v) is 4.32. The fourth-order valence-corrected chi connectivity index (χ4v) is 1.47. The fraction of sp³-hybridized carbons (Fsp3) is 0.400. The van der Waals surface area contributed by atoms with Crippen molar-refractivity contribution in [1.82, 2.24) is 5.32 Å². The van der Waals surface area contributed by atoms with Crippen LogP contribution in [0.4, 0.5) is 4.39 Å². The van der Waals surface area contributed by atoms with E-state index in [2.05, 4.69) is 5.32 Å². The van der Waals surface area contributed by atoms with Gasteiger partial charge in [-0.15, -0.1) is 0 Å². The first kappa shape index (κ1) is 7.74. The maximum atomic E-state index is 12.7. The van der Waals surface area contributed by atoms with E-state index in [1.165, 1.54) is 12.5 Å². The van der Waals surface area contributed by atoms with E-state index in [1.807, 2.05) is 6.07 Å². The van der Waals surface area contributed by atoms with Gasteiger partial charge in [0.05, 0.1) is 0 Å². The molecule has 1 aromatic rings. The highest BCUT2D eigenvalue weighted by Gasteiger charge is 2.16. The molecule has 0 bridgehead atoms. The molecule has 1 fully saturated rings. The summed E-state index contributed by atoms with van der Waals surface area (Å²) < 4.78 is 12.7. The van der Waals surface area contributed by atoms with E-state index in [4.69, 9.17) is 0 Å². The first-order valence-electron chi connectivity index (χ1n) is 4.32. The Bertz CT molecular complexity index is 268. The van der Waals surface area contributed by atoms with Crippen LogP contribution in [0.5, 0.6) is 0 Å². The normalized spacial score (nSPS) is 21.9. The number of halogens is 1. The Balaban J connectivity index is 2.02. The summed E-state index contributed by atoms with van der Waals surface area (Å²) in [6, 6.07) is 7.41. The molecule has 2 heteroatoms. The van der Waals surface area contributed by atoms with E-state index < -0.39 is 0 Å². The standard InChI is InChI=1S/C10H12FN/c11-9-3-1-2-8(6-9)7-10-4-5-12-10/h1-3,6,10,12H,4-5,7H2. The van der Waals surface area contributed by atoms with Crippen LogP contribution in [0.15, 0.2) is 24.3 Å². The van der Waals surface area contributed by atoms with Crippen LogP contribution >= 0.6 is 0 Å². The van der Waals surface area contributed by atoms with Crippen molar-refractivity contribution in [1.29, 1.82) is 0 Å². The molecular weight excluding hydrogens is 153 g/mol. The van der Waals surface area contributed by atoms with Gasteiger partial charge in [0.2, 0.25) is 0 Å². The predicted molar refractivity (Wildman–Crippen MR) is 46.5 cm³/mol. The lowest BCUT2D eigenvalue weighted by Crippen LogP contribution is -2.44. The lowest BCUT2D eigenvalue weighted by molar-refractivity contribution is 0.369. The summed E-state index contributed by atoms with van der Waals surface area (Å²) in [5.74, 6) is -0.133. The third-order valence-electron chi connectivity index (χ3n) is 2.30. The third-order valence-corrected chi connectivity index (χ3v) is 2.30. The van der Waals surface area contributed by atoms with Gasteiger partial charge in [0.1, 0.15) is 5.82 Å². The molecule has 12 heavy (non-hydrogen) atoms. The van der Waals surface area contributed by atoms with Crippen LogP contribution in [-0.4, -0.2) is 12.6 Å². The van der Waals surface area contributed by atoms with E-state index in [9.17, 15) is 4.39 Å². The molecule has 1 aliphatic heterocycles.